The van der Waals surface area contributed by atoms with Gasteiger partial charge in [0.1, 0.15) is 11.5 Å². The van der Waals surface area contributed by atoms with Crippen LogP contribution in [-0.4, -0.2) is 22.5 Å². The molecule has 2 heterocycles. The maximum atomic E-state index is 13.0. The molecule has 2 aromatic carbocycles. The van der Waals surface area contributed by atoms with Gasteiger partial charge in [0, 0.05) is 23.2 Å². The molecule has 1 aliphatic rings. The van der Waals surface area contributed by atoms with Crippen molar-refractivity contribution in [2.24, 2.45) is 4.99 Å². The van der Waals surface area contributed by atoms with E-state index in [2.05, 4.69) is 0 Å². The highest BCUT2D eigenvalue weighted by Crippen LogP contribution is 2.37. The van der Waals surface area contributed by atoms with Gasteiger partial charge in [-0.05, 0) is 74.0 Å². The number of carbonyl (C=O) groups excluding carboxylic acids is 1. The second-order valence-electron chi connectivity index (χ2n) is 7.12. The molecule has 0 saturated carbocycles. The lowest BCUT2D eigenvalue weighted by molar-refractivity contribution is -0.122. The molecule has 1 fully saturated rings. The zero-order valence-corrected chi connectivity index (χ0v) is 19.6. The van der Waals surface area contributed by atoms with Crippen LogP contribution in [0.5, 0.6) is 0 Å². The smallest absolute Gasteiger partial charge is 0.266 e. The Balaban J connectivity index is 1.66. The van der Waals surface area contributed by atoms with E-state index in [9.17, 15) is 4.79 Å². The number of aliphatic imine (C=N–C) groups is 1. The van der Waals surface area contributed by atoms with Crippen LogP contribution in [-0.2, 0) is 4.79 Å². The standard InChI is InChI=1S/C24H20Cl2N2O2S/c1-4-28-23(29)21(31-24(28)27-22-14(2)6-5-7-15(22)3)13-17-9-11-20(30-17)18-10-8-16(25)12-19(18)26/h5-13H,4H2,1-3H3/b21-13+,27-24?. The topological polar surface area (TPSA) is 45.8 Å². The fourth-order valence-corrected chi connectivity index (χ4v) is 4.87. The number of benzene rings is 2. The van der Waals surface area contributed by atoms with Gasteiger partial charge in [0.05, 0.1) is 15.6 Å². The van der Waals surface area contributed by atoms with Crippen LogP contribution in [0, 0.1) is 13.8 Å². The first-order chi connectivity index (χ1) is 14.9. The van der Waals surface area contributed by atoms with Crippen LogP contribution in [0.15, 0.2) is 62.8 Å². The van der Waals surface area contributed by atoms with E-state index >= 15 is 0 Å². The van der Waals surface area contributed by atoms with E-state index in [1.165, 1.54) is 11.8 Å². The van der Waals surface area contributed by atoms with Gasteiger partial charge in [-0.2, -0.15) is 0 Å². The zero-order chi connectivity index (χ0) is 22.1. The second kappa shape index (κ2) is 8.95. The minimum Gasteiger partial charge on any atom is -0.457 e. The van der Waals surface area contributed by atoms with E-state index in [0.717, 1.165) is 22.4 Å². The SMILES string of the molecule is CCN1C(=O)/C(=C\c2ccc(-c3ccc(Cl)cc3Cl)o2)SC1=Nc1c(C)cccc1C. The Hall–Kier alpha value is -2.47. The summed E-state index contributed by atoms with van der Waals surface area (Å²) in [6.07, 6.45) is 1.75. The van der Waals surface area contributed by atoms with Gasteiger partial charge in [0.2, 0.25) is 0 Å². The minimum atomic E-state index is -0.0834. The Morgan fingerprint density at radius 1 is 1.10 bits per heavy atom. The number of para-hydroxylation sites is 1. The van der Waals surface area contributed by atoms with Crippen molar-refractivity contribution in [3.05, 3.63) is 80.4 Å². The van der Waals surface area contributed by atoms with Crippen molar-refractivity contribution in [3.63, 3.8) is 0 Å². The van der Waals surface area contributed by atoms with Gasteiger partial charge >= 0.3 is 0 Å². The molecule has 1 aliphatic heterocycles. The molecule has 0 radical (unpaired) electrons. The Kier molecular flexibility index (Phi) is 6.28. The largest absolute Gasteiger partial charge is 0.457 e. The van der Waals surface area contributed by atoms with Crippen LogP contribution in [0.2, 0.25) is 10.0 Å². The summed E-state index contributed by atoms with van der Waals surface area (Å²) in [4.78, 5) is 20.0. The number of halogens is 2. The highest BCUT2D eigenvalue weighted by molar-refractivity contribution is 8.18. The highest BCUT2D eigenvalue weighted by Gasteiger charge is 2.32. The van der Waals surface area contributed by atoms with Crippen LogP contribution in [0.25, 0.3) is 17.4 Å². The first-order valence-corrected chi connectivity index (χ1v) is 11.4. The third kappa shape index (κ3) is 4.45. The van der Waals surface area contributed by atoms with Crippen LogP contribution in [0.4, 0.5) is 5.69 Å². The first kappa shape index (κ1) is 21.8. The number of furan rings is 1. The second-order valence-corrected chi connectivity index (χ2v) is 8.97. The number of nitrogens with zero attached hydrogens (tertiary/aromatic N) is 2. The number of amidine groups is 1. The summed E-state index contributed by atoms with van der Waals surface area (Å²) in [5, 5.41) is 1.74. The van der Waals surface area contributed by atoms with Crippen LogP contribution in [0.1, 0.15) is 23.8 Å². The summed E-state index contributed by atoms with van der Waals surface area (Å²) in [5.74, 6) is 1.10. The van der Waals surface area contributed by atoms with E-state index in [4.69, 9.17) is 32.6 Å². The molecule has 0 spiro atoms. The van der Waals surface area contributed by atoms with Crippen molar-refractivity contribution >= 4 is 57.8 Å². The van der Waals surface area contributed by atoms with Crippen LogP contribution in [0.3, 0.4) is 0 Å². The summed E-state index contributed by atoms with van der Waals surface area (Å²) in [6, 6.07) is 14.9. The normalized spacial score (nSPS) is 16.7. The molecule has 0 atom stereocenters. The average molecular weight is 471 g/mol. The quantitative estimate of drug-likeness (QED) is 0.370. The van der Waals surface area contributed by atoms with E-state index in [-0.39, 0.29) is 5.91 Å². The molecule has 0 aliphatic carbocycles. The van der Waals surface area contributed by atoms with Gasteiger partial charge in [0.25, 0.3) is 5.91 Å². The molecule has 1 aromatic heterocycles. The Labute approximate surface area is 195 Å². The summed E-state index contributed by atoms with van der Waals surface area (Å²) >= 11 is 13.6. The molecule has 31 heavy (non-hydrogen) atoms. The van der Waals surface area contributed by atoms with Crippen LogP contribution >= 0.6 is 35.0 Å². The molecule has 3 aromatic rings. The number of hydrogen-bond donors (Lipinski definition) is 0. The van der Waals surface area contributed by atoms with Gasteiger partial charge in [-0.15, -0.1) is 0 Å². The fourth-order valence-electron chi connectivity index (χ4n) is 3.34. The van der Waals surface area contributed by atoms with E-state index in [1.807, 2.05) is 57.2 Å². The number of amides is 1. The Bertz CT molecular complexity index is 1210. The number of thioether (sulfide) groups is 1. The third-order valence-electron chi connectivity index (χ3n) is 4.95. The molecule has 0 N–H and O–H groups in total. The summed E-state index contributed by atoms with van der Waals surface area (Å²) in [7, 11) is 0. The molecule has 1 amide bonds. The predicted octanol–water partition coefficient (Wildman–Crippen LogP) is 7.49. The minimum absolute atomic E-state index is 0.0834. The maximum absolute atomic E-state index is 13.0. The third-order valence-corrected chi connectivity index (χ3v) is 6.50. The van der Waals surface area contributed by atoms with Gasteiger partial charge in [-0.1, -0.05) is 41.4 Å². The molecular weight excluding hydrogens is 451 g/mol. The number of rotatable bonds is 4. The van der Waals surface area contributed by atoms with E-state index < -0.39 is 0 Å². The maximum Gasteiger partial charge on any atom is 0.266 e. The van der Waals surface area contributed by atoms with E-state index in [0.29, 0.717) is 38.2 Å². The van der Waals surface area contributed by atoms with Gasteiger partial charge in [0.15, 0.2) is 5.17 Å². The molecule has 4 rings (SSSR count). The lowest BCUT2D eigenvalue weighted by Crippen LogP contribution is -2.28. The van der Waals surface area contributed by atoms with Crippen molar-refractivity contribution in [2.45, 2.75) is 20.8 Å². The van der Waals surface area contributed by atoms with Crippen molar-refractivity contribution in [2.75, 3.05) is 6.54 Å². The molecule has 158 valence electrons. The molecule has 7 heteroatoms. The summed E-state index contributed by atoms with van der Waals surface area (Å²) in [6.45, 7) is 6.52. The van der Waals surface area contributed by atoms with Crippen molar-refractivity contribution in [1.82, 2.24) is 4.90 Å². The summed E-state index contributed by atoms with van der Waals surface area (Å²) in [5.41, 5.74) is 3.79. The van der Waals surface area contributed by atoms with Gasteiger partial charge in [-0.3, -0.25) is 9.69 Å². The number of aryl methyl sites for hydroxylation is 2. The van der Waals surface area contributed by atoms with Crippen LogP contribution < -0.4 is 0 Å². The predicted molar refractivity (Wildman–Crippen MR) is 130 cm³/mol. The highest BCUT2D eigenvalue weighted by atomic mass is 35.5. The first-order valence-electron chi connectivity index (χ1n) is 9.79. The number of carbonyl (C=O) groups is 1. The zero-order valence-electron chi connectivity index (χ0n) is 17.3. The molecular formula is C24H20Cl2N2O2S. The molecule has 0 unspecified atom stereocenters. The molecule has 4 nitrogen and oxygen atoms in total. The number of likely N-dealkylation sites (N-methyl/N-ethyl adjacent to an activating group) is 1. The summed E-state index contributed by atoms with van der Waals surface area (Å²) < 4.78 is 5.93. The lowest BCUT2D eigenvalue weighted by Gasteiger charge is -2.13. The Morgan fingerprint density at radius 2 is 1.84 bits per heavy atom. The average Bonchev–Trinajstić information content (AvgIpc) is 3.29. The van der Waals surface area contributed by atoms with Gasteiger partial charge in [-0.25, -0.2) is 4.99 Å². The lowest BCUT2D eigenvalue weighted by atomic mass is 10.1. The number of hydrogen-bond acceptors (Lipinski definition) is 4. The fraction of sp³-hybridized carbons (Fsp3) is 0.167. The van der Waals surface area contributed by atoms with Crippen molar-refractivity contribution < 1.29 is 9.21 Å². The van der Waals surface area contributed by atoms with Crippen molar-refractivity contribution in [1.29, 1.82) is 0 Å². The Morgan fingerprint density at radius 3 is 2.52 bits per heavy atom. The molecule has 0 bridgehead atoms. The van der Waals surface area contributed by atoms with Gasteiger partial charge < -0.3 is 4.42 Å². The van der Waals surface area contributed by atoms with Crippen molar-refractivity contribution in [3.8, 4) is 11.3 Å². The monoisotopic (exact) mass is 470 g/mol. The molecule has 1 saturated heterocycles. The van der Waals surface area contributed by atoms with E-state index in [1.54, 1.807) is 23.1 Å².